The van der Waals surface area contributed by atoms with Crippen molar-refractivity contribution in [2.24, 2.45) is 0 Å². The second kappa shape index (κ2) is 6.65. The number of aryl methyl sites for hydroxylation is 1. The lowest BCUT2D eigenvalue weighted by molar-refractivity contribution is 0.627. The Morgan fingerprint density at radius 1 is 1.20 bits per heavy atom. The molecule has 4 nitrogen and oxygen atoms in total. The van der Waals surface area contributed by atoms with Crippen molar-refractivity contribution in [3.05, 3.63) is 40.4 Å². The predicted octanol–water partition coefficient (Wildman–Crippen LogP) is 4.25. The summed E-state index contributed by atoms with van der Waals surface area (Å²) in [6, 6.07) is 4.77. The summed E-state index contributed by atoms with van der Waals surface area (Å²) in [6.07, 6.45) is 2.47. The van der Waals surface area contributed by atoms with Crippen molar-refractivity contribution in [1.29, 1.82) is 0 Å². The van der Waals surface area contributed by atoms with E-state index in [1.807, 2.05) is 13.0 Å². The smallest absolute Gasteiger partial charge is 0.150 e. The molecule has 2 aromatic rings. The number of hydrogen-bond donors (Lipinski definition) is 2. The van der Waals surface area contributed by atoms with E-state index in [0.717, 1.165) is 28.8 Å². The molecule has 0 fully saturated rings. The second-order valence-corrected chi connectivity index (χ2v) is 5.25. The van der Waals surface area contributed by atoms with E-state index in [0.29, 0.717) is 11.5 Å². The minimum absolute atomic E-state index is 0.276. The monoisotopic (exact) mass is 338 g/mol. The predicted molar refractivity (Wildman–Crippen MR) is 82.9 cm³/mol. The zero-order valence-electron chi connectivity index (χ0n) is 11.4. The SMILES string of the molecule is CCCNc1ncnc(Nc2cc(C)cc(F)c2)c1Br. The Kier molecular flexibility index (Phi) is 4.89. The first-order valence-corrected chi connectivity index (χ1v) is 7.18. The molecule has 0 bridgehead atoms. The van der Waals surface area contributed by atoms with Crippen molar-refractivity contribution in [2.45, 2.75) is 20.3 Å². The summed E-state index contributed by atoms with van der Waals surface area (Å²) in [7, 11) is 0. The maximum Gasteiger partial charge on any atom is 0.150 e. The summed E-state index contributed by atoms with van der Waals surface area (Å²) >= 11 is 3.46. The molecule has 0 aliphatic carbocycles. The summed E-state index contributed by atoms with van der Waals surface area (Å²) in [5, 5.41) is 6.29. The van der Waals surface area contributed by atoms with Crippen molar-refractivity contribution < 1.29 is 4.39 Å². The fourth-order valence-corrected chi connectivity index (χ4v) is 2.21. The van der Waals surface area contributed by atoms with Gasteiger partial charge in [0, 0.05) is 12.2 Å². The van der Waals surface area contributed by atoms with Gasteiger partial charge in [-0.25, -0.2) is 14.4 Å². The molecule has 0 amide bonds. The van der Waals surface area contributed by atoms with Crippen LogP contribution in [0.4, 0.5) is 21.7 Å². The summed E-state index contributed by atoms with van der Waals surface area (Å²) in [5.41, 5.74) is 1.50. The van der Waals surface area contributed by atoms with Gasteiger partial charge in [-0.2, -0.15) is 0 Å². The highest BCUT2D eigenvalue weighted by atomic mass is 79.9. The molecule has 106 valence electrons. The van der Waals surface area contributed by atoms with E-state index in [2.05, 4.69) is 43.5 Å². The molecule has 2 rings (SSSR count). The number of rotatable bonds is 5. The molecule has 0 unspecified atom stereocenters. The number of benzene rings is 1. The van der Waals surface area contributed by atoms with Gasteiger partial charge in [0.05, 0.1) is 0 Å². The maximum atomic E-state index is 13.4. The van der Waals surface area contributed by atoms with E-state index in [-0.39, 0.29) is 5.82 Å². The highest BCUT2D eigenvalue weighted by molar-refractivity contribution is 9.10. The third kappa shape index (κ3) is 3.66. The Morgan fingerprint density at radius 3 is 2.65 bits per heavy atom. The molecule has 1 aromatic heterocycles. The topological polar surface area (TPSA) is 49.8 Å². The van der Waals surface area contributed by atoms with E-state index in [1.165, 1.54) is 18.5 Å². The fourth-order valence-electron chi connectivity index (χ4n) is 1.77. The van der Waals surface area contributed by atoms with Gasteiger partial charge >= 0.3 is 0 Å². The number of anilines is 3. The molecule has 0 saturated carbocycles. The van der Waals surface area contributed by atoms with Crippen molar-refractivity contribution in [3.8, 4) is 0 Å². The molecular formula is C14H16BrFN4. The number of nitrogens with one attached hydrogen (secondary N) is 2. The summed E-state index contributed by atoms with van der Waals surface area (Å²) in [5.74, 6) is 1.04. The number of hydrogen-bond acceptors (Lipinski definition) is 4. The van der Waals surface area contributed by atoms with E-state index < -0.39 is 0 Å². The van der Waals surface area contributed by atoms with Gasteiger partial charge in [0.15, 0.2) is 0 Å². The second-order valence-electron chi connectivity index (χ2n) is 4.45. The molecule has 20 heavy (non-hydrogen) atoms. The van der Waals surface area contributed by atoms with E-state index in [9.17, 15) is 4.39 Å². The lowest BCUT2D eigenvalue weighted by Gasteiger charge is -2.11. The van der Waals surface area contributed by atoms with Crippen LogP contribution in [0.15, 0.2) is 29.0 Å². The largest absolute Gasteiger partial charge is 0.369 e. The lowest BCUT2D eigenvalue weighted by Crippen LogP contribution is -2.05. The van der Waals surface area contributed by atoms with Crippen LogP contribution in [0, 0.1) is 12.7 Å². The first-order chi connectivity index (χ1) is 9.60. The van der Waals surface area contributed by atoms with Gasteiger partial charge in [-0.05, 0) is 53.0 Å². The molecule has 1 aromatic carbocycles. The Labute approximate surface area is 126 Å². The Balaban J connectivity index is 2.24. The number of halogens is 2. The van der Waals surface area contributed by atoms with Crippen LogP contribution in [0.25, 0.3) is 0 Å². The van der Waals surface area contributed by atoms with Gasteiger partial charge in [-0.1, -0.05) is 6.92 Å². The van der Waals surface area contributed by atoms with Crippen LogP contribution < -0.4 is 10.6 Å². The van der Waals surface area contributed by atoms with Crippen LogP contribution in [-0.2, 0) is 0 Å². The highest BCUT2D eigenvalue weighted by Gasteiger charge is 2.09. The first-order valence-electron chi connectivity index (χ1n) is 6.38. The molecule has 0 saturated heterocycles. The average Bonchev–Trinajstić information content (AvgIpc) is 2.38. The minimum atomic E-state index is -0.276. The zero-order valence-corrected chi connectivity index (χ0v) is 13.0. The van der Waals surface area contributed by atoms with Crippen LogP contribution in [-0.4, -0.2) is 16.5 Å². The van der Waals surface area contributed by atoms with Crippen LogP contribution in [0.1, 0.15) is 18.9 Å². The zero-order chi connectivity index (χ0) is 14.5. The Morgan fingerprint density at radius 2 is 1.95 bits per heavy atom. The van der Waals surface area contributed by atoms with Gasteiger partial charge in [0.1, 0.15) is 28.3 Å². The molecule has 6 heteroatoms. The molecule has 2 N–H and O–H groups in total. The van der Waals surface area contributed by atoms with E-state index in [4.69, 9.17) is 0 Å². The normalized spacial score (nSPS) is 10.4. The lowest BCUT2D eigenvalue weighted by atomic mass is 10.2. The van der Waals surface area contributed by atoms with E-state index >= 15 is 0 Å². The summed E-state index contributed by atoms with van der Waals surface area (Å²) < 4.78 is 14.1. The molecule has 0 atom stereocenters. The van der Waals surface area contributed by atoms with Gasteiger partial charge in [-0.3, -0.25) is 0 Å². The van der Waals surface area contributed by atoms with Gasteiger partial charge < -0.3 is 10.6 Å². The van der Waals surface area contributed by atoms with Crippen molar-refractivity contribution in [3.63, 3.8) is 0 Å². The average molecular weight is 339 g/mol. The third-order valence-electron chi connectivity index (χ3n) is 2.64. The minimum Gasteiger partial charge on any atom is -0.369 e. The van der Waals surface area contributed by atoms with Crippen LogP contribution in [0.5, 0.6) is 0 Å². The standard InChI is InChI=1S/C14H16BrFN4/c1-3-4-17-13-12(15)14(19-8-18-13)20-11-6-9(2)5-10(16)7-11/h5-8H,3-4H2,1-2H3,(H2,17,18,19,20). The fraction of sp³-hybridized carbons (Fsp3) is 0.286. The molecule has 0 aliphatic rings. The number of aromatic nitrogens is 2. The van der Waals surface area contributed by atoms with E-state index in [1.54, 1.807) is 0 Å². The maximum absolute atomic E-state index is 13.4. The van der Waals surface area contributed by atoms with Crippen LogP contribution >= 0.6 is 15.9 Å². The van der Waals surface area contributed by atoms with Gasteiger partial charge in [-0.15, -0.1) is 0 Å². The molecule has 0 spiro atoms. The Bertz CT molecular complexity index is 583. The third-order valence-corrected chi connectivity index (χ3v) is 3.39. The molecule has 0 radical (unpaired) electrons. The Hall–Kier alpha value is -1.69. The van der Waals surface area contributed by atoms with Crippen molar-refractivity contribution in [2.75, 3.05) is 17.2 Å². The van der Waals surface area contributed by atoms with Gasteiger partial charge in [0.25, 0.3) is 0 Å². The van der Waals surface area contributed by atoms with Gasteiger partial charge in [0.2, 0.25) is 0 Å². The highest BCUT2D eigenvalue weighted by Crippen LogP contribution is 2.29. The summed E-state index contributed by atoms with van der Waals surface area (Å²) in [4.78, 5) is 8.34. The van der Waals surface area contributed by atoms with Crippen LogP contribution in [0.2, 0.25) is 0 Å². The molecule has 1 heterocycles. The molecular weight excluding hydrogens is 323 g/mol. The van der Waals surface area contributed by atoms with Crippen molar-refractivity contribution >= 4 is 33.3 Å². The summed E-state index contributed by atoms with van der Waals surface area (Å²) in [6.45, 7) is 4.75. The quantitative estimate of drug-likeness (QED) is 0.855. The molecule has 0 aliphatic heterocycles. The first kappa shape index (κ1) is 14.7. The van der Waals surface area contributed by atoms with Crippen molar-refractivity contribution in [1.82, 2.24) is 9.97 Å². The number of nitrogens with zero attached hydrogens (tertiary/aromatic N) is 2. The van der Waals surface area contributed by atoms with Crippen LogP contribution in [0.3, 0.4) is 0 Å².